The summed E-state index contributed by atoms with van der Waals surface area (Å²) in [6.07, 6.45) is 6.28. The molecule has 2 aliphatic rings. The predicted octanol–water partition coefficient (Wildman–Crippen LogP) is 2.90. The normalized spacial score (nSPS) is 22.6. The molecule has 0 unspecified atom stereocenters. The molecule has 0 saturated carbocycles. The van der Waals surface area contributed by atoms with Gasteiger partial charge in [0, 0.05) is 17.8 Å². The molecule has 0 atom stereocenters. The molecule has 0 radical (unpaired) electrons. The van der Waals surface area contributed by atoms with E-state index in [0.29, 0.717) is 5.70 Å². The molecule has 3 nitrogen and oxygen atoms in total. The van der Waals surface area contributed by atoms with E-state index >= 15 is 0 Å². The molecule has 1 saturated heterocycles. The van der Waals surface area contributed by atoms with E-state index in [9.17, 15) is 4.79 Å². The van der Waals surface area contributed by atoms with Gasteiger partial charge in [-0.05, 0) is 30.4 Å². The summed E-state index contributed by atoms with van der Waals surface area (Å²) in [5, 5.41) is 2.01. The first-order chi connectivity index (χ1) is 8.34. The van der Waals surface area contributed by atoms with Crippen molar-refractivity contribution in [3.05, 3.63) is 28.1 Å². The average Bonchev–Trinajstić information content (AvgIpc) is 2.85. The zero-order valence-electron chi connectivity index (χ0n) is 9.56. The molecule has 0 aliphatic carbocycles. The molecule has 3 rings (SSSR count). The highest BCUT2D eigenvalue weighted by atomic mass is 32.1. The van der Waals surface area contributed by atoms with Gasteiger partial charge in [0.25, 0.3) is 5.91 Å². The van der Waals surface area contributed by atoms with Crippen molar-refractivity contribution >= 4 is 29.2 Å². The predicted molar refractivity (Wildman–Crippen MR) is 69.9 cm³/mol. The van der Waals surface area contributed by atoms with Crippen LogP contribution < -0.4 is 0 Å². The number of fused-ring (bicyclic) bond motifs is 1. The highest BCUT2D eigenvalue weighted by Gasteiger charge is 2.30. The Hall–Kier alpha value is -1.42. The summed E-state index contributed by atoms with van der Waals surface area (Å²) >= 11 is 1.63. The summed E-state index contributed by atoms with van der Waals surface area (Å²) in [6, 6.07) is 4.00. The Balaban J connectivity index is 1.91. The second kappa shape index (κ2) is 4.45. The molecule has 0 bridgehead atoms. The molecule has 0 spiro atoms. The SMILES string of the molecule is O=C1/C(=C\c2cccs2)N=C2CCCCCN12. The third kappa shape index (κ3) is 2.05. The summed E-state index contributed by atoms with van der Waals surface area (Å²) in [5.41, 5.74) is 0.601. The van der Waals surface area contributed by atoms with Crippen LogP contribution in [0.4, 0.5) is 0 Å². The van der Waals surface area contributed by atoms with E-state index in [1.165, 1.54) is 6.42 Å². The topological polar surface area (TPSA) is 32.7 Å². The van der Waals surface area contributed by atoms with Crippen LogP contribution in [0.15, 0.2) is 28.2 Å². The Kier molecular flexibility index (Phi) is 2.81. The minimum absolute atomic E-state index is 0.0790. The Morgan fingerprint density at radius 1 is 1.35 bits per heavy atom. The van der Waals surface area contributed by atoms with Crippen LogP contribution in [0, 0.1) is 0 Å². The number of hydrogen-bond donors (Lipinski definition) is 0. The Bertz CT molecular complexity index is 488. The lowest BCUT2D eigenvalue weighted by Crippen LogP contribution is -2.31. The zero-order valence-corrected chi connectivity index (χ0v) is 10.4. The number of aliphatic imine (C=N–C) groups is 1. The molecule has 4 heteroatoms. The van der Waals surface area contributed by atoms with Crippen molar-refractivity contribution in [1.82, 2.24) is 4.90 Å². The number of carbonyl (C=O) groups excluding carboxylic acids is 1. The molecule has 17 heavy (non-hydrogen) atoms. The minimum Gasteiger partial charge on any atom is -0.295 e. The standard InChI is InChI=1S/C13H14N2OS/c16-13-11(9-10-5-4-8-17-10)14-12-6-2-1-3-7-15(12)13/h4-5,8-9H,1-3,6-7H2/b11-9+. The molecule has 2 aliphatic heterocycles. The summed E-state index contributed by atoms with van der Waals surface area (Å²) in [7, 11) is 0. The van der Waals surface area contributed by atoms with Crippen molar-refractivity contribution in [1.29, 1.82) is 0 Å². The van der Waals surface area contributed by atoms with Gasteiger partial charge in [0.15, 0.2) is 0 Å². The van der Waals surface area contributed by atoms with Crippen LogP contribution >= 0.6 is 11.3 Å². The maximum atomic E-state index is 12.2. The lowest BCUT2D eigenvalue weighted by molar-refractivity contribution is -0.122. The molecular formula is C13H14N2OS. The fourth-order valence-electron chi connectivity index (χ4n) is 2.26. The fraction of sp³-hybridized carbons (Fsp3) is 0.385. The van der Waals surface area contributed by atoms with Gasteiger partial charge < -0.3 is 0 Å². The van der Waals surface area contributed by atoms with Crippen LogP contribution in [0.2, 0.25) is 0 Å². The lowest BCUT2D eigenvalue weighted by Gasteiger charge is -2.13. The minimum atomic E-state index is 0.0790. The molecule has 88 valence electrons. The third-order valence-electron chi connectivity index (χ3n) is 3.13. The summed E-state index contributed by atoms with van der Waals surface area (Å²) in [4.78, 5) is 19.6. The largest absolute Gasteiger partial charge is 0.295 e. The quantitative estimate of drug-likeness (QED) is 0.701. The van der Waals surface area contributed by atoms with E-state index in [-0.39, 0.29) is 5.91 Å². The van der Waals surface area contributed by atoms with Crippen LogP contribution in [-0.2, 0) is 4.79 Å². The number of nitrogens with zero attached hydrogens (tertiary/aromatic N) is 2. The highest BCUT2D eigenvalue weighted by Crippen LogP contribution is 2.24. The average molecular weight is 246 g/mol. The van der Waals surface area contributed by atoms with Crippen molar-refractivity contribution in [2.75, 3.05) is 6.54 Å². The number of carbonyl (C=O) groups is 1. The van der Waals surface area contributed by atoms with Crippen LogP contribution in [0.5, 0.6) is 0 Å². The first kappa shape index (κ1) is 10.7. The Morgan fingerprint density at radius 3 is 3.12 bits per heavy atom. The molecule has 1 amide bonds. The van der Waals surface area contributed by atoms with Crippen molar-refractivity contribution in [3.63, 3.8) is 0 Å². The first-order valence-electron chi connectivity index (χ1n) is 5.99. The monoisotopic (exact) mass is 246 g/mol. The zero-order chi connectivity index (χ0) is 11.7. The van der Waals surface area contributed by atoms with Crippen LogP contribution in [0.1, 0.15) is 30.6 Å². The van der Waals surface area contributed by atoms with Gasteiger partial charge in [-0.2, -0.15) is 0 Å². The summed E-state index contributed by atoms with van der Waals surface area (Å²) < 4.78 is 0. The number of hydrogen-bond acceptors (Lipinski definition) is 3. The van der Waals surface area contributed by atoms with Crippen molar-refractivity contribution in [2.24, 2.45) is 4.99 Å². The smallest absolute Gasteiger partial charge is 0.277 e. The molecule has 1 aromatic rings. The van der Waals surface area contributed by atoms with Crippen molar-refractivity contribution in [2.45, 2.75) is 25.7 Å². The van der Waals surface area contributed by atoms with Gasteiger partial charge in [-0.1, -0.05) is 12.5 Å². The van der Waals surface area contributed by atoms with Crippen LogP contribution in [0.3, 0.4) is 0 Å². The number of thiophene rings is 1. The summed E-state index contributed by atoms with van der Waals surface area (Å²) in [6.45, 7) is 0.833. The first-order valence-corrected chi connectivity index (χ1v) is 6.87. The van der Waals surface area contributed by atoms with E-state index in [1.807, 2.05) is 28.5 Å². The fourth-order valence-corrected chi connectivity index (χ4v) is 2.91. The number of amidine groups is 1. The van der Waals surface area contributed by atoms with E-state index < -0.39 is 0 Å². The molecule has 0 aromatic carbocycles. The maximum absolute atomic E-state index is 12.2. The van der Waals surface area contributed by atoms with Gasteiger partial charge in [0.1, 0.15) is 11.5 Å². The molecular weight excluding hydrogens is 232 g/mol. The van der Waals surface area contributed by atoms with Gasteiger partial charge in [-0.15, -0.1) is 11.3 Å². The van der Waals surface area contributed by atoms with E-state index in [2.05, 4.69) is 4.99 Å². The Morgan fingerprint density at radius 2 is 2.29 bits per heavy atom. The Labute approximate surface area is 104 Å². The third-order valence-corrected chi connectivity index (χ3v) is 3.95. The molecule has 3 heterocycles. The van der Waals surface area contributed by atoms with Crippen LogP contribution in [0.25, 0.3) is 6.08 Å². The number of amides is 1. The second-order valence-corrected chi connectivity index (χ2v) is 5.32. The van der Waals surface area contributed by atoms with Gasteiger partial charge >= 0.3 is 0 Å². The van der Waals surface area contributed by atoms with Gasteiger partial charge in [0.2, 0.25) is 0 Å². The van der Waals surface area contributed by atoms with E-state index in [1.54, 1.807) is 11.3 Å². The molecule has 0 N–H and O–H groups in total. The van der Waals surface area contributed by atoms with E-state index in [0.717, 1.165) is 36.5 Å². The van der Waals surface area contributed by atoms with Crippen LogP contribution in [-0.4, -0.2) is 23.2 Å². The van der Waals surface area contributed by atoms with Gasteiger partial charge in [0.05, 0.1) is 0 Å². The van der Waals surface area contributed by atoms with Gasteiger partial charge in [-0.25, -0.2) is 4.99 Å². The van der Waals surface area contributed by atoms with Crippen molar-refractivity contribution in [3.8, 4) is 0 Å². The second-order valence-electron chi connectivity index (χ2n) is 4.34. The van der Waals surface area contributed by atoms with E-state index in [4.69, 9.17) is 0 Å². The van der Waals surface area contributed by atoms with Gasteiger partial charge in [-0.3, -0.25) is 9.69 Å². The van der Waals surface area contributed by atoms with Crippen molar-refractivity contribution < 1.29 is 4.79 Å². The molecule has 1 fully saturated rings. The maximum Gasteiger partial charge on any atom is 0.277 e. The molecule has 1 aromatic heterocycles. The number of rotatable bonds is 1. The summed E-state index contributed by atoms with van der Waals surface area (Å²) in [5.74, 6) is 1.05. The lowest BCUT2D eigenvalue weighted by atomic mass is 10.2. The highest BCUT2D eigenvalue weighted by molar-refractivity contribution is 7.10.